The third-order valence-corrected chi connectivity index (χ3v) is 5.40. The molecule has 0 atom stereocenters. The molecule has 1 aromatic heterocycles. The lowest BCUT2D eigenvalue weighted by Crippen LogP contribution is -2.23. The number of carbonyl (C=O) groups is 1. The maximum Gasteiger partial charge on any atom is 0.247 e. The molecule has 0 aliphatic rings. The zero-order valence-electron chi connectivity index (χ0n) is 15.0. The maximum absolute atomic E-state index is 12.4. The molecule has 2 aromatic carbocycles. The molecule has 0 radical (unpaired) electrons. The van der Waals surface area contributed by atoms with Crippen molar-refractivity contribution in [3.05, 3.63) is 91.1 Å². The Balaban J connectivity index is 1.64. The Morgan fingerprint density at radius 2 is 1.71 bits per heavy atom. The van der Waals surface area contributed by atoms with Crippen LogP contribution in [0.5, 0.6) is 0 Å². The lowest BCUT2D eigenvalue weighted by Gasteiger charge is -2.09. The molecular formula is C21H19N3O3S. The summed E-state index contributed by atoms with van der Waals surface area (Å²) < 4.78 is 27.4. The Bertz CT molecular complexity index is 1060. The molecule has 1 heterocycles. The number of rotatable bonds is 7. The Kier molecular flexibility index (Phi) is 5.98. The van der Waals surface area contributed by atoms with Gasteiger partial charge in [-0.05, 0) is 42.0 Å². The minimum absolute atomic E-state index is 0.109. The van der Waals surface area contributed by atoms with Crippen LogP contribution in [0, 0.1) is 0 Å². The number of aromatic nitrogens is 1. The van der Waals surface area contributed by atoms with Gasteiger partial charge in [0.1, 0.15) is 0 Å². The predicted octanol–water partition coefficient (Wildman–Crippen LogP) is 3.35. The molecule has 0 saturated heterocycles. The molecule has 0 fully saturated rings. The average Bonchev–Trinajstić information content (AvgIpc) is 2.73. The number of pyridine rings is 1. The summed E-state index contributed by atoms with van der Waals surface area (Å²) in [4.78, 5) is 15.8. The molecular weight excluding hydrogens is 374 g/mol. The summed E-state index contributed by atoms with van der Waals surface area (Å²) in [6.45, 7) is 3.49. The number of amides is 1. The molecule has 6 nitrogen and oxygen atoms in total. The molecule has 2 N–H and O–H groups in total. The fourth-order valence-corrected chi connectivity index (χ4v) is 3.50. The van der Waals surface area contributed by atoms with E-state index in [1.807, 2.05) is 42.5 Å². The van der Waals surface area contributed by atoms with E-state index in [2.05, 4.69) is 21.6 Å². The van der Waals surface area contributed by atoms with Crippen molar-refractivity contribution in [3.63, 3.8) is 0 Å². The third kappa shape index (κ3) is 4.91. The van der Waals surface area contributed by atoms with Gasteiger partial charge >= 0.3 is 0 Å². The van der Waals surface area contributed by atoms with Crippen molar-refractivity contribution in [2.75, 3.05) is 5.32 Å². The van der Waals surface area contributed by atoms with Crippen LogP contribution in [0.2, 0.25) is 0 Å². The van der Waals surface area contributed by atoms with E-state index in [4.69, 9.17) is 0 Å². The maximum atomic E-state index is 12.4. The van der Waals surface area contributed by atoms with E-state index in [9.17, 15) is 13.2 Å². The number of carbonyl (C=O) groups excluding carboxylic acids is 1. The molecule has 1 amide bonds. The second-order valence-electron chi connectivity index (χ2n) is 5.96. The predicted molar refractivity (Wildman–Crippen MR) is 109 cm³/mol. The number of anilines is 1. The summed E-state index contributed by atoms with van der Waals surface area (Å²) in [6.07, 6.45) is 2.79. The molecule has 3 rings (SSSR count). The van der Waals surface area contributed by atoms with Crippen LogP contribution in [0.1, 0.15) is 5.56 Å². The SMILES string of the molecule is C=CC(=O)Nc1ccc(S(=O)(=O)NCc2ccc(-c3ccccc3)nc2)cc1. The van der Waals surface area contributed by atoms with Crippen molar-refractivity contribution < 1.29 is 13.2 Å². The lowest BCUT2D eigenvalue weighted by atomic mass is 10.1. The van der Waals surface area contributed by atoms with Crippen molar-refractivity contribution in [2.45, 2.75) is 11.4 Å². The summed E-state index contributed by atoms with van der Waals surface area (Å²) in [5, 5.41) is 2.57. The van der Waals surface area contributed by atoms with Gasteiger partial charge < -0.3 is 5.32 Å². The minimum Gasteiger partial charge on any atom is -0.323 e. The Hall–Kier alpha value is -3.29. The minimum atomic E-state index is -3.68. The lowest BCUT2D eigenvalue weighted by molar-refractivity contribution is -0.111. The first-order chi connectivity index (χ1) is 13.5. The van der Waals surface area contributed by atoms with Crippen molar-refractivity contribution in [2.24, 2.45) is 0 Å². The molecule has 0 aliphatic heterocycles. The fraction of sp³-hybridized carbons (Fsp3) is 0.0476. The van der Waals surface area contributed by atoms with Crippen LogP contribution in [-0.2, 0) is 21.4 Å². The van der Waals surface area contributed by atoms with Crippen LogP contribution in [0.4, 0.5) is 5.69 Å². The van der Waals surface area contributed by atoms with Crippen LogP contribution in [0.15, 0.2) is 90.5 Å². The molecule has 7 heteroatoms. The number of nitrogens with zero attached hydrogens (tertiary/aromatic N) is 1. The van der Waals surface area contributed by atoms with Gasteiger partial charge in [0, 0.05) is 24.0 Å². The van der Waals surface area contributed by atoms with Gasteiger partial charge in [-0.3, -0.25) is 9.78 Å². The normalized spacial score (nSPS) is 11.0. The first-order valence-electron chi connectivity index (χ1n) is 8.51. The van der Waals surface area contributed by atoms with Gasteiger partial charge in [0.05, 0.1) is 10.6 Å². The first kappa shape index (κ1) is 19.5. The second-order valence-corrected chi connectivity index (χ2v) is 7.73. The van der Waals surface area contributed by atoms with E-state index in [1.165, 1.54) is 24.3 Å². The molecule has 0 unspecified atom stereocenters. The highest BCUT2D eigenvalue weighted by molar-refractivity contribution is 7.89. The monoisotopic (exact) mass is 393 g/mol. The van der Waals surface area contributed by atoms with Gasteiger partial charge in [0.2, 0.25) is 15.9 Å². The molecule has 142 valence electrons. The van der Waals surface area contributed by atoms with E-state index < -0.39 is 10.0 Å². The summed E-state index contributed by atoms with van der Waals surface area (Å²) in [6, 6.07) is 19.3. The third-order valence-electron chi connectivity index (χ3n) is 3.98. The number of sulfonamides is 1. The fourth-order valence-electron chi connectivity index (χ4n) is 2.48. The number of benzene rings is 2. The van der Waals surface area contributed by atoms with E-state index in [-0.39, 0.29) is 17.3 Å². The number of nitrogens with one attached hydrogen (secondary N) is 2. The topological polar surface area (TPSA) is 88.2 Å². The van der Waals surface area contributed by atoms with Crippen molar-refractivity contribution in [3.8, 4) is 11.3 Å². The molecule has 28 heavy (non-hydrogen) atoms. The second kappa shape index (κ2) is 8.60. The van der Waals surface area contributed by atoms with Gasteiger partial charge in [-0.25, -0.2) is 13.1 Å². The van der Waals surface area contributed by atoms with E-state index in [1.54, 1.807) is 6.20 Å². The van der Waals surface area contributed by atoms with Gasteiger partial charge in [-0.2, -0.15) is 0 Å². The van der Waals surface area contributed by atoms with Crippen molar-refractivity contribution >= 4 is 21.6 Å². The Morgan fingerprint density at radius 3 is 2.32 bits per heavy atom. The number of hydrogen-bond acceptors (Lipinski definition) is 4. The number of hydrogen-bond donors (Lipinski definition) is 2. The first-order valence-corrected chi connectivity index (χ1v) is 10.00. The summed E-state index contributed by atoms with van der Waals surface area (Å²) in [5.74, 6) is -0.361. The van der Waals surface area contributed by atoms with Crippen LogP contribution in [0.25, 0.3) is 11.3 Å². The van der Waals surface area contributed by atoms with Gasteiger partial charge in [0.15, 0.2) is 0 Å². The van der Waals surface area contributed by atoms with Crippen LogP contribution >= 0.6 is 0 Å². The van der Waals surface area contributed by atoms with Crippen molar-refractivity contribution in [1.29, 1.82) is 0 Å². The highest BCUT2D eigenvalue weighted by Crippen LogP contribution is 2.17. The van der Waals surface area contributed by atoms with Crippen LogP contribution in [0.3, 0.4) is 0 Å². The molecule has 3 aromatic rings. The average molecular weight is 393 g/mol. The highest BCUT2D eigenvalue weighted by atomic mass is 32.2. The summed E-state index contributed by atoms with van der Waals surface area (Å²) in [5.41, 5.74) is 3.06. The van der Waals surface area contributed by atoms with Gasteiger partial charge in [-0.15, -0.1) is 0 Å². The van der Waals surface area contributed by atoms with Crippen LogP contribution in [-0.4, -0.2) is 19.3 Å². The van der Waals surface area contributed by atoms with Gasteiger partial charge in [0.25, 0.3) is 0 Å². The molecule has 0 aliphatic carbocycles. The van der Waals surface area contributed by atoms with Gasteiger partial charge in [-0.1, -0.05) is 43.0 Å². The Morgan fingerprint density at radius 1 is 1.00 bits per heavy atom. The zero-order valence-corrected chi connectivity index (χ0v) is 15.8. The summed E-state index contributed by atoms with van der Waals surface area (Å²) in [7, 11) is -3.68. The van der Waals surface area contributed by atoms with E-state index in [0.29, 0.717) is 5.69 Å². The molecule has 0 spiro atoms. The van der Waals surface area contributed by atoms with E-state index >= 15 is 0 Å². The molecule has 0 saturated carbocycles. The largest absolute Gasteiger partial charge is 0.323 e. The summed E-state index contributed by atoms with van der Waals surface area (Å²) >= 11 is 0. The van der Waals surface area contributed by atoms with Crippen LogP contribution < -0.4 is 10.0 Å². The molecule has 0 bridgehead atoms. The van der Waals surface area contributed by atoms with Crippen molar-refractivity contribution in [1.82, 2.24) is 9.71 Å². The highest BCUT2D eigenvalue weighted by Gasteiger charge is 2.14. The van der Waals surface area contributed by atoms with E-state index in [0.717, 1.165) is 22.9 Å². The smallest absolute Gasteiger partial charge is 0.247 e. The quantitative estimate of drug-likeness (QED) is 0.603. The zero-order chi connectivity index (χ0) is 20.0. The standard InChI is InChI=1S/C21H19N3O3S/c1-2-21(25)24-18-9-11-19(12-10-18)28(26,27)23-15-16-8-13-20(22-14-16)17-6-4-3-5-7-17/h2-14,23H,1,15H2,(H,24,25). The Labute approximate surface area is 164 Å².